The fraction of sp³-hybridized carbons (Fsp3) is 0.440. The lowest BCUT2D eigenvalue weighted by Crippen LogP contribution is -2.14. The molecule has 4 heteroatoms. The molecule has 0 saturated heterocycles. The fourth-order valence-corrected chi connectivity index (χ4v) is 4.08. The quantitative estimate of drug-likeness (QED) is 0.409. The third-order valence-corrected chi connectivity index (χ3v) is 5.73. The third kappa shape index (κ3) is 6.18. The summed E-state index contributed by atoms with van der Waals surface area (Å²) in [7, 11) is 0. The number of carbonyl (C=O) groups excluding carboxylic acids is 2. The van der Waals surface area contributed by atoms with E-state index in [2.05, 4.69) is 19.1 Å². The summed E-state index contributed by atoms with van der Waals surface area (Å²) >= 11 is 0. The smallest absolute Gasteiger partial charge is 0.343 e. The van der Waals surface area contributed by atoms with Crippen molar-refractivity contribution in [1.29, 1.82) is 0 Å². The Morgan fingerprint density at radius 1 is 0.862 bits per heavy atom. The largest absolute Gasteiger partial charge is 0.427 e. The zero-order chi connectivity index (χ0) is 20.6. The molecule has 0 radical (unpaired) electrons. The van der Waals surface area contributed by atoms with E-state index in [4.69, 9.17) is 9.47 Å². The number of esters is 2. The SMILES string of the molecule is CCCCC1CCC(c2ccc(C(=O)Oc3ccc(OC(C)=O)cc3)cc2)CC1. The van der Waals surface area contributed by atoms with Gasteiger partial charge in [-0.05, 0) is 79.5 Å². The molecule has 0 atom stereocenters. The second-order valence-corrected chi connectivity index (χ2v) is 7.94. The summed E-state index contributed by atoms with van der Waals surface area (Å²) in [6.07, 6.45) is 9.12. The van der Waals surface area contributed by atoms with Gasteiger partial charge < -0.3 is 9.47 Å². The van der Waals surface area contributed by atoms with Crippen LogP contribution >= 0.6 is 0 Å². The third-order valence-electron chi connectivity index (χ3n) is 5.73. The van der Waals surface area contributed by atoms with Crippen LogP contribution in [0.25, 0.3) is 0 Å². The van der Waals surface area contributed by atoms with E-state index < -0.39 is 0 Å². The van der Waals surface area contributed by atoms with Crippen LogP contribution in [-0.2, 0) is 4.79 Å². The van der Waals surface area contributed by atoms with Gasteiger partial charge in [0.25, 0.3) is 0 Å². The van der Waals surface area contributed by atoms with Gasteiger partial charge >= 0.3 is 11.9 Å². The molecule has 1 saturated carbocycles. The topological polar surface area (TPSA) is 52.6 Å². The molecule has 1 aliphatic rings. The molecule has 0 heterocycles. The molecule has 4 nitrogen and oxygen atoms in total. The monoisotopic (exact) mass is 394 g/mol. The molecular weight excluding hydrogens is 364 g/mol. The summed E-state index contributed by atoms with van der Waals surface area (Å²) in [4.78, 5) is 23.4. The van der Waals surface area contributed by atoms with Gasteiger partial charge in [-0.1, -0.05) is 38.3 Å². The van der Waals surface area contributed by atoms with E-state index in [1.165, 1.54) is 57.4 Å². The minimum atomic E-state index is -0.389. The van der Waals surface area contributed by atoms with E-state index in [-0.39, 0.29) is 11.9 Å². The van der Waals surface area contributed by atoms with Crippen molar-refractivity contribution < 1.29 is 19.1 Å². The molecule has 3 rings (SSSR count). The van der Waals surface area contributed by atoms with E-state index in [0.717, 1.165) is 5.92 Å². The van der Waals surface area contributed by atoms with Gasteiger partial charge in [0.05, 0.1) is 5.56 Å². The minimum Gasteiger partial charge on any atom is -0.427 e. The van der Waals surface area contributed by atoms with Crippen molar-refractivity contribution in [2.24, 2.45) is 5.92 Å². The van der Waals surface area contributed by atoms with E-state index in [1.807, 2.05) is 12.1 Å². The summed E-state index contributed by atoms with van der Waals surface area (Å²) in [6.45, 7) is 3.60. The van der Waals surface area contributed by atoms with Crippen LogP contribution in [0.3, 0.4) is 0 Å². The second kappa shape index (κ2) is 10.2. The molecule has 0 spiro atoms. The summed E-state index contributed by atoms with van der Waals surface area (Å²) < 4.78 is 10.4. The van der Waals surface area contributed by atoms with Crippen LogP contribution < -0.4 is 9.47 Å². The molecule has 1 aliphatic carbocycles. The van der Waals surface area contributed by atoms with Gasteiger partial charge in [0.1, 0.15) is 11.5 Å². The van der Waals surface area contributed by atoms with Crippen LogP contribution in [0, 0.1) is 5.92 Å². The lowest BCUT2D eigenvalue weighted by molar-refractivity contribution is -0.131. The first kappa shape index (κ1) is 21.1. The first-order valence-corrected chi connectivity index (χ1v) is 10.7. The van der Waals surface area contributed by atoms with Crippen LogP contribution in [-0.4, -0.2) is 11.9 Å². The first-order chi connectivity index (χ1) is 14.0. The van der Waals surface area contributed by atoms with Gasteiger partial charge in [-0.15, -0.1) is 0 Å². The van der Waals surface area contributed by atoms with Crippen molar-refractivity contribution >= 4 is 11.9 Å². The van der Waals surface area contributed by atoms with Gasteiger partial charge in [-0.3, -0.25) is 4.79 Å². The van der Waals surface area contributed by atoms with E-state index in [9.17, 15) is 9.59 Å². The summed E-state index contributed by atoms with van der Waals surface area (Å²) in [6, 6.07) is 14.3. The molecule has 2 aromatic carbocycles. The van der Waals surface area contributed by atoms with E-state index >= 15 is 0 Å². The van der Waals surface area contributed by atoms with E-state index in [0.29, 0.717) is 23.0 Å². The van der Waals surface area contributed by atoms with Gasteiger partial charge in [0, 0.05) is 6.92 Å². The highest BCUT2D eigenvalue weighted by Gasteiger charge is 2.22. The zero-order valence-corrected chi connectivity index (χ0v) is 17.4. The Morgan fingerprint density at radius 3 is 2.00 bits per heavy atom. The molecular formula is C25H30O4. The highest BCUT2D eigenvalue weighted by Crippen LogP contribution is 2.37. The first-order valence-electron chi connectivity index (χ1n) is 10.7. The number of benzene rings is 2. The van der Waals surface area contributed by atoms with Crippen molar-refractivity contribution in [1.82, 2.24) is 0 Å². The summed E-state index contributed by atoms with van der Waals surface area (Å²) in [5, 5.41) is 0. The fourth-order valence-electron chi connectivity index (χ4n) is 4.08. The maximum atomic E-state index is 12.4. The lowest BCUT2D eigenvalue weighted by Gasteiger charge is -2.28. The Labute approximate surface area is 173 Å². The van der Waals surface area contributed by atoms with Crippen molar-refractivity contribution in [3.63, 3.8) is 0 Å². The molecule has 0 aromatic heterocycles. The lowest BCUT2D eigenvalue weighted by atomic mass is 9.77. The Hall–Kier alpha value is -2.62. The molecule has 154 valence electrons. The maximum absolute atomic E-state index is 12.4. The average Bonchev–Trinajstić information content (AvgIpc) is 2.74. The van der Waals surface area contributed by atoms with Gasteiger partial charge in [-0.25, -0.2) is 4.79 Å². The molecule has 0 aliphatic heterocycles. The number of rotatable bonds is 7. The number of unbranched alkanes of at least 4 members (excludes halogenated alkanes) is 1. The van der Waals surface area contributed by atoms with Crippen LogP contribution in [0.4, 0.5) is 0 Å². The van der Waals surface area contributed by atoms with E-state index in [1.54, 1.807) is 24.3 Å². The highest BCUT2D eigenvalue weighted by molar-refractivity contribution is 5.91. The number of carbonyl (C=O) groups is 2. The van der Waals surface area contributed by atoms with Crippen molar-refractivity contribution in [2.45, 2.75) is 64.7 Å². The Balaban J connectivity index is 1.53. The zero-order valence-electron chi connectivity index (χ0n) is 17.4. The molecule has 2 aromatic rings. The predicted octanol–water partition coefficient (Wildman–Crippen LogP) is 6.30. The van der Waals surface area contributed by atoms with Crippen molar-refractivity contribution in [3.8, 4) is 11.5 Å². The highest BCUT2D eigenvalue weighted by atomic mass is 16.5. The van der Waals surface area contributed by atoms with Gasteiger partial charge in [0.15, 0.2) is 0 Å². The molecule has 0 amide bonds. The van der Waals surface area contributed by atoms with Gasteiger partial charge in [-0.2, -0.15) is 0 Å². The molecule has 0 bridgehead atoms. The number of ether oxygens (including phenoxy) is 2. The Kier molecular flexibility index (Phi) is 7.45. The summed E-state index contributed by atoms with van der Waals surface area (Å²) in [5.74, 6) is 1.57. The number of hydrogen-bond donors (Lipinski definition) is 0. The van der Waals surface area contributed by atoms with Crippen LogP contribution in [0.15, 0.2) is 48.5 Å². The Morgan fingerprint density at radius 2 is 1.45 bits per heavy atom. The molecule has 29 heavy (non-hydrogen) atoms. The Bertz CT molecular complexity index is 800. The van der Waals surface area contributed by atoms with Crippen LogP contribution in [0.1, 0.15) is 80.6 Å². The van der Waals surface area contributed by atoms with Gasteiger partial charge in [0.2, 0.25) is 0 Å². The standard InChI is InChI=1S/C25H30O4/c1-3-4-5-19-6-8-20(9-7-19)21-10-12-22(13-11-21)25(27)29-24-16-14-23(15-17-24)28-18(2)26/h10-17,19-20H,3-9H2,1-2H3. The van der Waals surface area contributed by atoms with Crippen LogP contribution in [0.5, 0.6) is 11.5 Å². The minimum absolute atomic E-state index is 0.385. The normalized spacial score (nSPS) is 18.8. The van der Waals surface area contributed by atoms with Crippen molar-refractivity contribution in [2.75, 3.05) is 0 Å². The molecule has 0 unspecified atom stereocenters. The molecule has 1 fully saturated rings. The van der Waals surface area contributed by atoms with Crippen LogP contribution in [0.2, 0.25) is 0 Å². The predicted molar refractivity (Wildman–Crippen MR) is 113 cm³/mol. The maximum Gasteiger partial charge on any atom is 0.343 e. The number of hydrogen-bond acceptors (Lipinski definition) is 4. The average molecular weight is 395 g/mol. The summed E-state index contributed by atoms with van der Waals surface area (Å²) in [5.41, 5.74) is 1.86. The molecule has 0 N–H and O–H groups in total. The second-order valence-electron chi connectivity index (χ2n) is 7.94. The van der Waals surface area contributed by atoms with Crippen molar-refractivity contribution in [3.05, 3.63) is 59.7 Å².